The quantitative estimate of drug-likeness (QED) is 0.379. The molecule has 35 heavy (non-hydrogen) atoms. The number of nitriles is 1. The molecule has 3 N–H and O–H groups in total. The van der Waals surface area contributed by atoms with Crippen molar-refractivity contribution in [3.05, 3.63) is 98.6 Å². The number of hydrogen-bond acceptors (Lipinski definition) is 7. The monoisotopic (exact) mass is 521 g/mol. The van der Waals surface area contributed by atoms with E-state index in [2.05, 4.69) is 27.0 Å². The second-order valence-corrected chi connectivity index (χ2v) is 9.75. The van der Waals surface area contributed by atoms with Gasteiger partial charge in [-0.3, -0.25) is 9.59 Å². The Labute approximate surface area is 215 Å². The zero-order valence-electron chi connectivity index (χ0n) is 18.5. The molecule has 1 aromatic heterocycles. The van der Waals surface area contributed by atoms with Gasteiger partial charge < -0.3 is 16.0 Å². The second kappa shape index (κ2) is 11.2. The maximum absolute atomic E-state index is 13.4. The van der Waals surface area contributed by atoms with Crippen LogP contribution in [0.4, 0.5) is 10.8 Å². The SMILES string of the molecule is CC1=C(C(=O)Nc2ccccc2)C(c2ccccc2Cl)C(C#N)=C(SCC(=O)Nc2nccs2)N1. The van der Waals surface area contributed by atoms with Crippen LogP contribution in [-0.2, 0) is 9.59 Å². The van der Waals surface area contributed by atoms with E-state index in [1.165, 1.54) is 23.1 Å². The first-order valence-corrected chi connectivity index (χ1v) is 12.8. The summed E-state index contributed by atoms with van der Waals surface area (Å²) in [7, 11) is 0. The Hall–Kier alpha value is -3.58. The molecule has 0 aliphatic carbocycles. The molecular formula is C25H20ClN5O2S2. The minimum atomic E-state index is -0.705. The van der Waals surface area contributed by atoms with Crippen molar-refractivity contribution in [2.75, 3.05) is 16.4 Å². The van der Waals surface area contributed by atoms with Crippen LogP contribution in [-0.4, -0.2) is 22.6 Å². The molecule has 0 bridgehead atoms. The van der Waals surface area contributed by atoms with Crippen molar-refractivity contribution < 1.29 is 9.59 Å². The molecule has 2 aromatic carbocycles. The summed E-state index contributed by atoms with van der Waals surface area (Å²) < 4.78 is 0. The highest BCUT2D eigenvalue weighted by molar-refractivity contribution is 8.03. The number of aromatic nitrogens is 1. The van der Waals surface area contributed by atoms with Gasteiger partial charge in [0.05, 0.1) is 28.3 Å². The molecule has 1 aliphatic heterocycles. The Morgan fingerprint density at radius 3 is 2.60 bits per heavy atom. The van der Waals surface area contributed by atoms with Gasteiger partial charge in [0.15, 0.2) is 5.13 Å². The molecule has 0 saturated heterocycles. The van der Waals surface area contributed by atoms with Gasteiger partial charge >= 0.3 is 0 Å². The Morgan fingerprint density at radius 1 is 1.17 bits per heavy atom. The lowest BCUT2D eigenvalue weighted by Gasteiger charge is -2.30. The van der Waals surface area contributed by atoms with Crippen LogP contribution >= 0.6 is 34.7 Å². The second-order valence-electron chi connectivity index (χ2n) is 7.47. The zero-order chi connectivity index (χ0) is 24.8. The number of nitrogens with one attached hydrogen (secondary N) is 3. The normalized spacial score (nSPS) is 15.3. The van der Waals surface area contributed by atoms with Crippen LogP contribution in [0.3, 0.4) is 0 Å². The van der Waals surface area contributed by atoms with Gasteiger partial charge in [0.1, 0.15) is 0 Å². The van der Waals surface area contributed by atoms with Gasteiger partial charge in [-0.05, 0) is 30.7 Å². The van der Waals surface area contributed by atoms with Crippen LogP contribution in [0.1, 0.15) is 18.4 Å². The fourth-order valence-corrected chi connectivity index (χ4v) is 5.33. The Morgan fingerprint density at radius 2 is 1.91 bits per heavy atom. The van der Waals surface area contributed by atoms with Crippen molar-refractivity contribution in [3.63, 3.8) is 0 Å². The van der Waals surface area contributed by atoms with E-state index in [0.29, 0.717) is 43.3 Å². The van der Waals surface area contributed by atoms with E-state index in [1.807, 2.05) is 24.3 Å². The summed E-state index contributed by atoms with van der Waals surface area (Å²) in [6.07, 6.45) is 1.61. The van der Waals surface area contributed by atoms with Gasteiger partial charge in [-0.2, -0.15) is 5.26 Å². The standard InChI is InChI=1S/C25H20ClN5O2S2/c1-15-21(23(33)30-16-7-3-2-4-8-16)22(17-9-5-6-10-19(17)26)18(13-27)24(29-15)35-14-20(32)31-25-28-11-12-34-25/h2-12,22,29H,14H2,1H3,(H,30,33)(H,28,31,32). The lowest BCUT2D eigenvalue weighted by molar-refractivity contribution is -0.114. The fraction of sp³-hybridized carbons (Fsp3) is 0.120. The predicted molar refractivity (Wildman–Crippen MR) is 141 cm³/mol. The van der Waals surface area contributed by atoms with Crippen molar-refractivity contribution in [2.45, 2.75) is 12.8 Å². The molecule has 0 fully saturated rings. The number of carbonyl (C=O) groups is 2. The van der Waals surface area contributed by atoms with Crippen molar-refractivity contribution in [1.29, 1.82) is 5.26 Å². The average molecular weight is 522 g/mol. The van der Waals surface area contributed by atoms with Gasteiger partial charge in [0.2, 0.25) is 5.91 Å². The third-order valence-electron chi connectivity index (χ3n) is 5.17. The molecule has 0 spiro atoms. The van der Waals surface area contributed by atoms with Gasteiger partial charge in [-0.15, -0.1) is 11.3 Å². The van der Waals surface area contributed by atoms with E-state index >= 15 is 0 Å². The topological polar surface area (TPSA) is 107 Å². The molecule has 7 nitrogen and oxygen atoms in total. The number of para-hydroxylation sites is 1. The number of thiazole rings is 1. The highest BCUT2D eigenvalue weighted by atomic mass is 35.5. The molecule has 1 unspecified atom stereocenters. The summed E-state index contributed by atoms with van der Waals surface area (Å²) in [4.78, 5) is 29.9. The number of halogens is 1. The molecule has 2 amide bonds. The van der Waals surface area contributed by atoms with E-state index in [9.17, 15) is 14.9 Å². The van der Waals surface area contributed by atoms with E-state index in [4.69, 9.17) is 11.6 Å². The summed E-state index contributed by atoms with van der Waals surface area (Å²) >= 11 is 9.04. The van der Waals surface area contributed by atoms with Gasteiger partial charge in [0, 0.05) is 33.6 Å². The van der Waals surface area contributed by atoms with Crippen molar-refractivity contribution in [2.24, 2.45) is 0 Å². The van der Waals surface area contributed by atoms with E-state index in [-0.39, 0.29) is 17.6 Å². The first kappa shape index (κ1) is 24.5. The lowest BCUT2D eigenvalue weighted by Crippen LogP contribution is -2.31. The molecule has 1 aliphatic rings. The number of carbonyl (C=O) groups excluding carboxylic acids is 2. The summed E-state index contributed by atoms with van der Waals surface area (Å²) in [5, 5.41) is 22.2. The van der Waals surface area contributed by atoms with Gasteiger partial charge in [0.25, 0.3) is 5.91 Å². The van der Waals surface area contributed by atoms with E-state index in [0.717, 1.165) is 0 Å². The minimum absolute atomic E-state index is 0.0567. The number of rotatable bonds is 7. The maximum Gasteiger partial charge on any atom is 0.254 e. The summed E-state index contributed by atoms with van der Waals surface area (Å²) in [6, 6.07) is 18.5. The van der Waals surface area contributed by atoms with Crippen LogP contribution in [0.15, 0.2) is 88.0 Å². The molecule has 176 valence electrons. The Kier molecular flexibility index (Phi) is 7.87. The van der Waals surface area contributed by atoms with Crippen LogP contribution in [0.5, 0.6) is 0 Å². The number of nitrogens with zero attached hydrogens (tertiary/aromatic N) is 2. The first-order chi connectivity index (χ1) is 17.0. The smallest absolute Gasteiger partial charge is 0.254 e. The summed E-state index contributed by atoms with van der Waals surface area (Å²) in [5.74, 6) is -1.24. The summed E-state index contributed by atoms with van der Waals surface area (Å²) in [5.41, 5.74) is 2.54. The molecule has 2 heterocycles. The van der Waals surface area contributed by atoms with Crippen molar-refractivity contribution in [3.8, 4) is 6.07 Å². The number of allylic oxidation sites excluding steroid dienone is 2. The van der Waals surface area contributed by atoms with Gasteiger partial charge in [-0.1, -0.05) is 59.8 Å². The maximum atomic E-state index is 13.4. The third kappa shape index (κ3) is 5.74. The molecule has 0 saturated carbocycles. The van der Waals surface area contributed by atoms with Crippen LogP contribution < -0.4 is 16.0 Å². The van der Waals surface area contributed by atoms with E-state index in [1.54, 1.807) is 48.8 Å². The van der Waals surface area contributed by atoms with Crippen molar-refractivity contribution in [1.82, 2.24) is 10.3 Å². The van der Waals surface area contributed by atoms with Crippen molar-refractivity contribution >= 4 is 57.3 Å². The number of amides is 2. The largest absolute Gasteiger partial charge is 0.353 e. The van der Waals surface area contributed by atoms with Gasteiger partial charge in [-0.25, -0.2) is 4.98 Å². The van der Waals surface area contributed by atoms with E-state index < -0.39 is 5.92 Å². The average Bonchev–Trinajstić information content (AvgIpc) is 3.36. The van der Waals surface area contributed by atoms with Crippen LogP contribution in [0, 0.1) is 11.3 Å². The highest BCUT2D eigenvalue weighted by Gasteiger charge is 2.35. The Bertz CT molecular complexity index is 1350. The van der Waals surface area contributed by atoms with Crippen LogP contribution in [0.2, 0.25) is 5.02 Å². The zero-order valence-corrected chi connectivity index (χ0v) is 20.9. The number of anilines is 2. The molecular weight excluding hydrogens is 502 g/mol. The van der Waals surface area contributed by atoms with Crippen LogP contribution in [0.25, 0.3) is 0 Å². The molecule has 4 rings (SSSR count). The Balaban J connectivity index is 1.66. The molecule has 1 atom stereocenters. The number of hydrogen-bond donors (Lipinski definition) is 3. The lowest BCUT2D eigenvalue weighted by atomic mass is 9.82. The fourth-order valence-electron chi connectivity index (χ4n) is 3.65. The number of benzene rings is 2. The molecule has 0 radical (unpaired) electrons. The first-order valence-electron chi connectivity index (χ1n) is 10.5. The molecule has 10 heteroatoms. The third-order valence-corrected chi connectivity index (χ3v) is 7.22. The minimum Gasteiger partial charge on any atom is -0.353 e. The molecule has 3 aromatic rings. The number of dihydropyridines is 1. The summed E-state index contributed by atoms with van der Waals surface area (Å²) in [6.45, 7) is 1.77. The highest BCUT2D eigenvalue weighted by Crippen LogP contribution is 2.43. The number of thioether (sulfide) groups is 1. The predicted octanol–water partition coefficient (Wildman–Crippen LogP) is 5.50.